The van der Waals surface area contributed by atoms with Gasteiger partial charge in [-0.3, -0.25) is 39.2 Å². The largest absolute Gasteiger partial charge is 0.444 e. The topological polar surface area (TPSA) is 131 Å². The average Bonchev–Trinajstić information content (AvgIpc) is 4.44. The minimum absolute atomic E-state index is 0.0184. The molecule has 4 aromatic carbocycles. The van der Waals surface area contributed by atoms with Crippen LogP contribution in [0.15, 0.2) is 121 Å². The SMILES string of the molecule is C[C@@H]1OC(=O)N2C[C@@H]3CC[C@H]([C@@H]12)N3Cc1ccccc1.C[C@@H]1OC(=O)N2C[C@H]3CC[C@@H]([C@@H]12)N3Cc1ccccc1.C[C@H]1OC(=O)N2C[C@@H]3CC[C@H]([C@@H]12)N3Cc1ccccc1.C[C@H]1OC(=O)N2C[C@H]3CC[C@@H]([C@@H]12)N3Cc1ccccc1. The van der Waals surface area contributed by atoms with Gasteiger partial charge in [0, 0.05) is 101 Å². The highest BCUT2D eigenvalue weighted by molar-refractivity contribution is 5.73. The number of nitrogens with zero attached hydrogens (tertiary/aromatic N) is 8. The standard InChI is InChI=1S/4C16H20N2O2/c4*1-11-15-14-8-7-13(10-18(15)16(19)20-11)17(14)9-12-5-3-2-4-6-12/h4*2-6,11,13-15H,7-10H2,1H3/t11-,13+,14-,15+;11-,13+,14-,15-;11-,13-,14+,15+;11-,13-,14+,15-/m0101/s1. The highest BCUT2D eigenvalue weighted by Crippen LogP contribution is 2.44. The lowest BCUT2D eigenvalue weighted by molar-refractivity contribution is 0.0395. The molecule has 0 radical (unpaired) electrons. The molecule has 0 unspecified atom stereocenters. The molecule has 0 aromatic heterocycles. The van der Waals surface area contributed by atoms with Gasteiger partial charge < -0.3 is 18.9 Å². The minimum Gasteiger partial charge on any atom is -0.444 e. The van der Waals surface area contributed by atoms with Gasteiger partial charge in [-0.2, -0.15) is 0 Å². The molecule has 0 N–H and O–H groups in total. The lowest BCUT2D eigenvalue weighted by atomic mass is 9.99. The predicted octanol–water partition coefficient (Wildman–Crippen LogP) is 8.97. The normalized spacial score (nSPS) is 36.0. The van der Waals surface area contributed by atoms with Crippen molar-refractivity contribution in [3.63, 3.8) is 0 Å². The maximum absolute atomic E-state index is 11.9. The van der Waals surface area contributed by atoms with Crippen LogP contribution in [0.1, 0.15) is 101 Å². The number of carbonyl (C=O) groups is 4. The molecule has 16 atom stereocenters. The number of piperazine rings is 4. The van der Waals surface area contributed by atoms with Gasteiger partial charge in [-0.05, 0) is 101 Å². The zero-order valence-corrected chi connectivity index (χ0v) is 46.9. The maximum Gasteiger partial charge on any atom is 0.410 e. The van der Waals surface area contributed by atoms with Crippen molar-refractivity contribution in [2.24, 2.45) is 0 Å². The van der Waals surface area contributed by atoms with Crippen LogP contribution < -0.4 is 0 Å². The first-order chi connectivity index (χ1) is 38.9. The molecule has 80 heavy (non-hydrogen) atoms. The van der Waals surface area contributed by atoms with Gasteiger partial charge >= 0.3 is 24.4 Å². The van der Waals surface area contributed by atoms with E-state index in [4.69, 9.17) is 18.9 Å². The summed E-state index contributed by atoms with van der Waals surface area (Å²) in [6.45, 7) is 15.4. The summed E-state index contributed by atoms with van der Waals surface area (Å²) in [5, 5.41) is 0. The van der Waals surface area contributed by atoms with Crippen molar-refractivity contribution < 1.29 is 38.1 Å². The third-order valence-electron chi connectivity index (χ3n) is 20.2. The number of carbonyl (C=O) groups excluding carboxylic acids is 4. The summed E-state index contributed by atoms with van der Waals surface area (Å²) in [4.78, 5) is 65.8. The van der Waals surface area contributed by atoms with E-state index in [1.807, 2.05) is 47.3 Å². The van der Waals surface area contributed by atoms with E-state index in [0.717, 1.165) is 52.4 Å². The van der Waals surface area contributed by atoms with E-state index >= 15 is 0 Å². The van der Waals surface area contributed by atoms with Gasteiger partial charge in [0.2, 0.25) is 0 Å². The van der Waals surface area contributed by atoms with Crippen LogP contribution in [0.25, 0.3) is 0 Å². The number of rotatable bonds is 8. The molecule has 424 valence electrons. The van der Waals surface area contributed by atoms with Crippen molar-refractivity contribution in [3.8, 4) is 0 Å². The lowest BCUT2D eigenvalue weighted by Gasteiger charge is -2.43. The van der Waals surface area contributed by atoms with Crippen LogP contribution >= 0.6 is 0 Å². The van der Waals surface area contributed by atoms with Gasteiger partial charge in [-0.15, -0.1) is 0 Å². The molecule has 0 aliphatic carbocycles. The third-order valence-corrected chi connectivity index (χ3v) is 20.2. The monoisotopic (exact) mass is 1090 g/mol. The summed E-state index contributed by atoms with van der Waals surface area (Å²) in [7, 11) is 0. The number of fused-ring (bicyclic) bond motifs is 16. The van der Waals surface area contributed by atoms with Crippen molar-refractivity contribution in [3.05, 3.63) is 144 Å². The van der Waals surface area contributed by atoms with Crippen LogP contribution in [0.4, 0.5) is 19.2 Å². The van der Waals surface area contributed by atoms with E-state index in [2.05, 4.69) is 141 Å². The van der Waals surface area contributed by atoms with Crippen LogP contribution in [0.3, 0.4) is 0 Å². The fourth-order valence-electron chi connectivity index (χ4n) is 16.7. The van der Waals surface area contributed by atoms with Gasteiger partial charge in [0.05, 0.1) is 24.2 Å². The van der Waals surface area contributed by atoms with Gasteiger partial charge in [-0.1, -0.05) is 121 Å². The Morgan fingerprint density at radius 1 is 0.312 bits per heavy atom. The Balaban J connectivity index is 0.000000101. The highest BCUT2D eigenvalue weighted by atomic mass is 16.6. The molecule has 12 saturated heterocycles. The Kier molecular flexibility index (Phi) is 14.8. The molecular formula is C64H80N8O8. The smallest absolute Gasteiger partial charge is 0.410 e. The van der Waals surface area contributed by atoms with E-state index in [0.29, 0.717) is 48.3 Å². The molecule has 16 rings (SSSR count). The molecule has 4 amide bonds. The minimum atomic E-state index is -0.112. The fraction of sp³-hybridized carbons (Fsp3) is 0.562. The van der Waals surface area contributed by atoms with Crippen molar-refractivity contribution in [1.29, 1.82) is 0 Å². The van der Waals surface area contributed by atoms with Crippen molar-refractivity contribution in [2.75, 3.05) is 26.2 Å². The van der Waals surface area contributed by atoms with Crippen molar-refractivity contribution in [2.45, 2.75) is 202 Å². The summed E-state index contributed by atoms with van der Waals surface area (Å²) < 4.78 is 21.7. The first kappa shape index (κ1) is 53.1. The molecule has 16 nitrogen and oxygen atoms in total. The molecule has 16 heteroatoms. The zero-order chi connectivity index (χ0) is 54.8. The Morgan fingerprint density at radius 3 is 0.713 bits per heavy atom. The maximum atomic E-state index is 11.9. The average molecular weight is 1090 g/mol. The quantitative estimate of drug-likeness (QED) is 0.156. The molecule has 12 aliphatic heterocycles. The highest BCUT2D eigenvalue weighted by Gasteiger charge is 2.58. The van der Waals surface area contributed by atoms with Gasteiger partial charge in [0.15, 0.2) is 0 Å². The van der Waals surface area contributed by atoms with E-state index in [1.165, 1.54) is 73.6 Å². The van der Waals surface area contributed by atoms with Crippen LogP contribution in [0.2, 0.25) is 0 Å². The first-order valence-corrected chi connectivity index (χ1v) is 30.0. The van der Waals surface area contributed by atoms with E-state index in [1.54, 1.807) is 0 Å². The second-order valence-corrected chi connectivity index (χ2v) is 24.8. The zero-order valence-electron chi connectivity index (χ0n) is 46.9. The van der Waals surface area contributed by atoms with Crippen LogP contribution in [-0.2, 0) is 45.1 Å². The summed E-state index contributed by atoms with van der Waals surface area (Å²) >= 11 is 0. The fourth-order valence-corrected chi connectivity index (χ4v) is 16.7. The number of hydrogen-bond acceptors (Lipinski definition) is 12. The molecule has 4 aromatic rings. The molecule has 12 heterocycles. The summed E-state index contributed by atoms with van der Waals surface area (Å²) in [5.74, 6) is 0. The Hall–Kier alpha value is -6.20. The van der Waals surface area contributed by atoms with Crippen LogP contribution in [0, 0.1) is 0 Å². The summed E-state index contributed by atoms with van der Waals surface area (Å²) in [6.07, 6.45) is 9.14. The Labute approximate surface area is 471 Å². The van der Waals surface area contributed by atoms with Gasteiger partial charge in [-0.25, -0.2) is 19.2 Å². The predicted molar refractivity (Wildman–Crippen MR) is 301 cm³/mol. The molecular weight excluding hydrogens is 1010 g/mol. The molecule has 0 spiro atoms. The van der Waals surface area contributed by atoms with Crippen molar-refractivity contribution in [1.82, 2.24) is 39.2 Å². The number of hydrogen-bond donors (Lipinski definition) is 0. The van der Waals surface area contributed by atoms with E-state index in [9.17, 15) is 19.2 Å². The molecule has 12 fully saturated rings. The Bertz CT molecular complexity index is 2460. The number of benzene rings is 4. The second-order valence-electron chi connectivity index (χ2n) is 24.8. The molecule has 12 aliphatic rings. The van der Waals surface area contributed by atoms with Crippen molar-refractivity contribution >= 4 is 24.4 Å². The van der Waals surface area contributed by atoms with Gasteiger partial charge in [0.25, 0.3) is 0 Å². The third kappa shape index (κ3) is 9.99. The lowest BCUT2D eigenvalue weighted by Crippen LogP contribution is -2.59. The number of amides is 4. The number of cyclic esters (lactones) is 4. The number of ether oxygens (including phenoxy) is 4. The van der Waals surface area contributed by atoms with Crippen LogP contribution in [0.5, 0.6) is 0 Å². The van der Waals surface area contributed by atoms with E-state index in [-0.39, 0.29) is 73.0 Å². The molecule has 0 saturated carbocycles. The van der Waals surface area contributed by atoms with Crippen LogP contribution in [-0.4, -0.2) is 187 Å². The summed E-state index contributed by atoms with van der Waals surface area (Å²) in [6, 6.07) is 47.2. The molecule has 8 bridgehead atoms. The summed E-state index contributed by atoms with van der Waals surface area (Å²) in [5.41, 5.74) is 5.43. The van der Waals surface area contributed by atoms with Gasteiger partial charge in [0.1, 0.15) is 24.4 Å². The van der Waals surface area contributed by atoms with E-state index < -0.39 is 0 Å². The second kappa shape index (κ2) is 22.3. The Morgan fingerprint density at radius 2 is 0.512 bits per heavy atom. The first-order valence-electron chi connectivity index (χ1n) is 30.0.